The van der Waals surface area contributed by atoms with Crippen LogP contribution in [0.1, 0.15) is 5.56 Å². The largest absolute Gasteiger partial charge is 0.573 e. The molecule has 86 valence electrons. The molecule has 1 aromatic carbocycles. The summed E-state index contributed by atoms with van der Waals surface area (Å²) in [6.45, 7) is 0. The van der Waals surface area contributed by atoms with Gasteiger partial charge in [0.2, 0.25) is 0 Å². The van der Waals surface area contributed by atoms with E-state index in [0.717, 1.165) is 0 Å². The van der Waals surface area contributed by atoms with Gasteiger partial charge in [0, 0.05) is 0 Å². The van der Waals surface area contributed by atoms with Gasteiger partial charge in [-0.1, -0.05) is 30.4 Å². The fourth-order valence-electron chi connectivity index (χ4n) is 0.959. The summed E-state index contributed by atoms with van der Waals surface area (Å²) in [7, 11) is 0. The molecule has 6 heteroatoms. The summed E-state index contributed by atoms with van der Waals surface area (Å²) >= 11 is 4.61. The zero-order valence-corrected chi connectivity index (χ0v) is 8.81. The molecule has 0 saturated carbocycles. The Bertz CT molecular complexity index is 398. The second-order valence-electron chi connectivity index (χ2n) is 2.85. The Morgan fingerprint density at radius 3 is 2.25 bits per heavy atom. The van der Waals surface area contributed by atoms with Gasteiger partial charge in [0.15, 0.2) is 0 Å². The molecule has 2 nitrogen and oxygen atoms in total. The van der Waals surface area contributed by atoms with Crippen LogP contribution >= 0.6 is 12.2 Å². The van der Waals surface area contributed by atoms with Crippen LogP contribution < -0.4 is 10.5 Å². The van der Waals surface area contributed by atoms with Crippen LogP contribution in [0.2, 0.25) is 0 Å². The van der Waals surface area contributed by atoms with Crippen LogP contribution in [0.4, 0.5) is 13.2 Å². The Hall–Kier alpha value is -1.56. The average Bonchev–Trinajstić information content (AvgIpc) is 2.14. The summed E-state index contributed by atoms with van der Waals surface area (Å²) in [5, 5.41) is 0. The molecule has 1 aromatic rings. The van der Waals surface area contributed by atoms with E-state index >= 15 is 0 Å². The average molecular weight is 247 g/mol. The molecular weight excluding hydrogens is 239 g/mol. The predicted octanol–water partition coefficient (Wildman–Crippen LogP) is 2.88. The number of hydrogen-bond donors (Lipinski definition) is 1. The molecule has 0 heterocycles. The number of thiocarbonyl (C=S) groups is 1. The third kappa shape index (κ3) is 4.79. The van der Waals surface area contributed by atoms with Crippen molar-refractivity contribution in [1.82, 2.24) is 0 Å². The van der Waals surface area contributed by atoms with Gasteiger partial charge >= 0.3 is 6.36 Å². The minimum Gasteiger partial charge on any atom is -0.406 e. The van der Waals surface area contributed by atoms with Crippen LogP contribution in [0.25, 0.3) is 6.08 Å². The topological polar surface area (TPSA) is 35.2 Å². The molecule has 2 N–H and O–H groups in total. The van der Waals surface area contributed by atoms with E-state index in [1.54, 1.807) is 6.08 Å². The summed E-state index contributed by atoms with van der Waals surface area (Å²) in [4.78, 5) is 0.204. The second-order valence-corrected chi connectivity index (χ2v) is 3.32. The quantitative estimate of drug-likeness (QED) is 0.659. The molecule has 0 unspecified atom stereocenters. The van der Waals surface area contributed by atoms with Gasteiger partial charge in [-0.3, -0.25) is 0 Å². The van der Waals surface area contributed by atoms with Gasteiger partial charge in [0.25, 0.3) is 0 Å². The molecular formula is C10H8F3NOS. The second kappa shape index (κ2) is 4.98. The Balaban J connectivity index is 2.72. The predicted molar refractivity (Wildman–Crippen MR) is 58.9 cm³/mol. The van der Waals surface area contributed by atoms with Gasteiger partial charge in [0.05, 0.1) is 4.99 Å². The van der Waals surface area contributed by atoms with Crippen molar-refractivity contribution in [2.24, 2.45) is 5.73 Å². The number of benzene rings is 1. The van der Waals surface area contributed by atoms with Crippen molar-refractivity contribution in [3.63, 3.8) is 0 Å². The Morgan fingerprint density at radius 1 is 1.25 bits per heavy atom. The summed E-state index contributed by atoms with van der Waals surface area (Å²) < 4.78 is 39.2. The van der Waals surface area contributed by atoms with Crippen LogP contribution in [0.3, 0.4) is 0 Å². The van der Waals surface area contributed by atoms with Crippen molar-refractivity contribution in [3.05, 3.63) is 35.9 Å². The summed E-state index contributed by atoms with van der Waals surface area (Å²) in [5.74, 6) is -0.264. The first-order valence-electron chi connectivity index (χ1n) is 4.20. The van der Waals surface area contributed by atoms with E-state index in [4.69, 9.17) is 5.73 Å². The smallest absolute Gasteiger partial charge is 0.406 e. The van der Waals surface area contributed by atoms with Crippen LogP contribution in [0.15, 0.2) is 30.3 Å². The first-order chi connectivity index (χ1) is 7.37. The van der Waals surface area contributed by atoms with Crippen molar-refractivity contribution in [2.45, 2.75) is 6.36 Å². The molecule has 0 atom stereocenters. The summed E-state index contributed by atoms with van der Waals surface area (Å²) in [6, 6.07) is 5.37. The van der Waals surface area contributed by atoms with E-state index in [-0.39, 0.29) is 10.7 Å². The molecule has 0 aliphatic carbocycles. The van der Waals surface area contributed by atoms with Crippen molar-refractivity contribution >= 4 is 23.3 Å². The van der Waals surface area contributed by atoms with Gasteiger partial charge in [-0.05, 0) is 23.8 Å². The van der Waals surface area contributed by atoms with E-state index in [9.17, 15) is 13.2 Å². The maximum Gasteiger partial charge on any atom is 0.573 e. The van der Waals surface area contributed by atoms with Crippen LogP contribution in [-0.4, -0.2) is 11.4 Å². The Morgan fingerprint density at radius 2 is 1.81 bits per heavy atom. The van der Waals surface area contributed by atoms with Gasteiger partial charge in [-0.25, -0.2) is 0 Å². The highest BCUT2D eigenvalue weighted by molar-refractivity contribution is 7.80. The summed E-state index contributed by atoms with van der Waals surface area (Å²) in [5.41, 5.74) is 5.91. The SMILES string of the molecule is NC(=S)/C=C/c1ccc(OC(F)(F)F)cc1. The molecule has 0 aliphatic heterocycles. The van der Waals surface area contributed by atoms with Gasteiger partial charge in [0.1, 0.15) is 5.75 Å². The van der Waals surface area contributed by atoms with Crippen LogP contribution in [0, 0.1) is 0 Å². The van der Waals surface area contributed by atoms with Gasteiger partial charge < -0.3 is 10.5 Å². The highest BCUT2D eigenvalue weighted by Gasteiger charge is 2.30. The fourth-order valence-corrected chi connectivity index (χ4v) is 1.03. The van der Waals surface area contributed by atoms with Crippen molar-refractivity contribution in [3.8, 4) is 5.75 Å². The number of rotatable bonds is 3. The van der Waals surface area contributed by atoms with Crippen LogP contribution in [-0.2, 0) is 0 Å². The monoisotopic (exact) mass is 247 g/mol. The molecule has 0 amide bonds. The molecule has 0 bridgehead atoms. The Labute approximate surface area is 95.5 Å². The lowest BCUT2D eigenvalue weighted by Crippen LogP contribution is -2.16. The number of alkyl halides is 3. The van der Waals surface area contributed by atoms with E-state index in [1.807, 2.05) is 0 Å². The van der Waals surface area contributed by atoms with E-state index in [2.05, 4.69) is 17.0 Å². The third-order valence-electron chi connectivity index (χ3n) is 1.55. The first kappa shape index (κ1) is 12.5. The molecule has 0 radical (unpaired) electrons. The van der Waals surface area contributed by atoms with Crippen LogP contribution in [0.5, 0.6) is 5.75 Å². The molecule has 0 saturated heterocycles. The lowest BCUT2D eigenvalue weighted by Gasteiger charge is -2.08. The molecule has 1 rings (SSSR count). The van der Waals surface area contributed by atoms with Gasteiger partial charge in [-0.15, -0.1) is 13.2 Å². The highest BCUT2D eigenvalue weighted by Crippen LogP contribution is 2.22. The lowest BCUT2D eigenvalue weighted by atomic mass is 10.2. The van der Waals surface area contributed by atoms with E-state index < -0.39 is 6.36 Å². The maximum absolute atomic E-state index is 11.8. The highest BCUT2D eigenvalue weighted by atomic mass is 32.1. The molecule has 0 spiro atoms. The van der Waals surface area contributed by atoms with Crippen molar-refractivity contribution in [1.29, 1.82) is 0 Å². The molecule has 0 fully saturated rings. The number of nitrogens with two attached hydrogens (primary N) is 1. The van der Waals surface area contributed by atoms with Gasteiger partial charge in [-0.2, -0.15) is 0 Å². The van der Waals surface area contributed by atoms with E-state index in [1.165, 1.54) is 30.3 Å². The Kier molecular flexibility index (Phi) is 3.89. The number of ether oxygens (including phenoxy) is 1. The first-order valence-corrected chi connectivity index (χ1v) is 4.61. The normalized spacial score (nSPS) is 11.7. The molecule has 0 aliphatic rings. The number of halogens is 3. The number of hydrogen-bond acceptors (Lipinski definition) is 2. The minimum absolute atomic E-state index is 0.204. The zero-order valence-electron chi connectivity index (χ0n) is 7.99. The lowest BCUT2D eigenvalue weighted by molar-refractivity contribution is -0.274. The standard InChI is InChI=1S/C10H8F3NOS/c11-10(12,13)15-8-4-1-7(2-5-8)3-6-9(14)16/h1-6H,(H2,14,16)/b6-3+. The fraction of sp³-hybridized carbons (Fsp3) is 0.100. The molecule has 16 heavy (non-hydrogen) atoms. The zero-order chi connectivity index (χ0) is 12.2. The third-order valence-corrected chi connectivity index (χ3v) is 1.69. The van der Waals surface area contributed by atoms with Crippen molar-refractivity contribution in [2.75, 3.05) is 0 Å². The molecule has 0 aromatic heterocycles. The maximum atomic E-state index is 11.8. The minimum atomic E-state index is -4.67. The van der Waals surface area contributed by atoms with Crippen molar-refractivity contribution < 1.29 is 17.9 Å². The van der Waals surface area contributed by atoms with E-state index in [0.29, 0.717) is 5.56 Å². The summed E-state index contributed by atoms with van der Waals surface area (Å²) in [6.07, 6.45) is -1.59.